The lowest BCUT2D eigenvalue weighted by atomic mass is 10.2. The summed E-state index contributed by atoms with van der Waals surface area (Å²) in [6, 6.07) is -0.140. The number of hydrogen-bond donors (Lipinski definition) is 2. The molecular formula is C9H18N2O. The number of likely N-dealkylation sites (N-methyl/N-ethyl adjacent to an activating group) is 1. The third-order valence-corrected chi connectivity index (χ3v) is 1.80. The van der Waals surface area contributed by atoms with E-state index >= 15 is 0 Å². The average Bonchev–Trinajstić information content (AvgIpc) is 2.11. The first kappa shape index (κ1) is 11.2. The highest BCUT2D eigenvalue weighted by Crippen LogP contribution is 1.93. The molecule has 1 unspecified atom stereocenters. The fraction of sp³-hybridized carbons (Fsp3) is 0.667. The fourth-order valence-electron chi connectivity index (χ4n) is 0.732. The van der Waals surface area contributed by atoms with E-state index in [-0.39, 0.29) is 11.9 Å². The Labute approximate surface area is 74.2 Å². The maximum absolute atomic E-state index is 11.0. The zero-order valence-electron chi connectivity index (χ0n) is 8.11. The lowest BCUT2D eigenvalue weighted by Gasteiger charge is -2.12. The molecule has 1 atom stereocenters. The molecule has 0 aromatic carbocycles. The Balaban J connectivity index is 3.63. The largest absolute Gasteiger partial charge is 0.358 e. The molecule has 0 fully saturated rings. The molecule has 0 aliphatic carbocycles. The summed E-state index contributed by atoms with van der Waals surface area (Å²) < 4.78 is 0. The summed E-state index contributed by atoms with van der Waals surface area (Å²) in [6.45, 7) is 8.43. The molecule has 0 heterocycles. The van der Waals surface area contributed by atoms with Gasteiger partial charge in [0.25, 0.3) is 0 Å². The van der Waals surface area contributed by atoms with Crippen LogP contribution in [-0.2, 0) is 4.79 Å². The summed E-state index contributed by atoms with van der Waals surface area (Å²) in [6.07, 6.45) is 0.952. The molecule has 0 aliphatic rings. The van der Waals surface area contributed by atoms with Gasteiger partial charge in [-0.25, -0.2) is 0 Å². The van der Waals surface area contributed by atoms with Gasteiger partial charge in [0.2, 0.25) is 5.91 Å². The van der Waals surface area contributed by atoms with Crippen LogP contribution in [0.15, 0.2) is 12.2 Å². The molecule has 1 amide bonds. The lowest BCUT2D eigenvalue weighted by molar-refractivity contribution is -0.122. The number of hydrogen-bond acceptors (Lipinski definition) is 2. The molecule has 0 saturated carbocycles. The highest BCUT2D eigenvalue weighted by molar-refractivity contribution is 5.80. The molecule has 70 valence electrons. The maximum atomic E-state index is 11.0. The van der Waals surface area contributed by atoms with E-state index in [1.54, 1.807) is 7.05 Å². The smallest absolute Gasteiger partial charge is 0.236 e. The van der Waals surface area contributed by atoms with E-state index in [4.69, 9.17) is 0 Å². The van der Waals surface area contributed by atoms with Crippen LogP contribution in [0.25, 0.3) is 0 Å². The van der Waals surface area contributed by atoms with Crippen LogP contribution in [-0.4, -0.2) is 25.5 Å². The Bertz CT molecular complexity index is 166. The standard InChI is InChI=1S/C9H18N2O/c1-5-7(2)6-11-8(3)9(12)10-4/h8,11H,2,5-6H2,1,3-4H3,(H,10,12). The first-order valence-corrected chi connectivity index (χ1v) is 4.23. The van der Waals surface area contributed by atoms with Crippen LogP contribution in [0, 0.1) is 0 Å². The fourth-order valence-corrected chi connectivity index (χ4v) is 0.732. The normalized spacial score (nSPS) is 12.2. The van der Waals surface area contributed by atoms with Crippen LogP contribution in [0.1, 0.15) is 20.3 Å². The Kier molecular flexibility index (Phi) is 5.37. The summed E-state index contributed by atoms with van der Waals surface area (Å²) >= 11 is 0. The summed E-state index contributed by atoms with van der Waals surface area (Å²) in [5.74, 6) is 0.0129. The summed E-state index contributed by atoms with van der Waals surface area (Å²) in [5.41, 5.74) is 1.12. The average molecular weight is 170 g/mol. The number of amides is 1. The third kappa shape index (κ3) is 4.13. The molecule has 0 spiro atoms. The van der Waals surface area contributed by atoms with E-state index in [2.05, 4.69) is 24.1 Å². The molecule has 0 rings (SSSR count). The van der Waals surface area contributed by atoms with Gasteiger partial charge in [0.15, 0.2) is 0 Å². The van der Waals surface area contributed by atoms with E-state index < -0.39 is 0 Å². The second-order valence-corrected chi connectivity index (χ2v) is 2.82. The summed E-state index contributed by atoms with van der Waals surface area (Å²) in [5, 5.41) is 5.65. The van der Waals surface area contributed by atoms with Gasteiger partial charge in [0, 0.05) is 13.6 Å². The van der Waals surface area contributed by atoms with Gasteiger partial charge in [-0.3, -0.25) is 4.79 Å². The van der Waals surface area contributed by atoms with Crippen molar-refractivity contribution in [2.24, 2.45) is 0 Å². The van der Waals surface area contributed by atoms with Gasteiger partial charge in [-0.1, -0.05) is 19.1 Å². The number of nitrogens with one attached hydrogen (secondary N) is 2. The van der Waals surface area contributed by atoms with Gasteiger partial charge < -0.3 is 10.6 Å². The van der Waals surface area contributed by atoms with Gasteiger partial charge in [0.05, 0.1) is 6.04 Å². The van der Waals surface area contributed by atoms with E-state index in [1.807, 2.05) is 6.92 Å². The highest BCUT2D eigenvalue weighted by Gasteiger charge is 2.08. The zero-order chi connectivity index (χ0) is 9.56. The van der Waals surface area contributed by atoms with Crippen LogP contribution in [0.3, 0.4) is 0 Å². The van der Waals surface area contributed by atoms with Gasteiger partial charge in [-0.15, -0.1) is 0 Å². The van der Waals surface area contributed by atoms with Crippen LogP contribution >= 0.6 is 0 Å². The van der Waals surface area contributed by atoms with Crippen LogP contribution in [0.4, 0.5) is 0 Å². The monoisotopic (exact) mass is 170 g/mol. The van der Waals surface area contributed by atoms with Crippen molar-refractivity contribution in [3.63, 3.8) is 0 Å². The molecule has 0 saturated heterocycles. The van der Waals surface area contributed by atoms with E-state index in [0.29, 0.717) is 6.54 Å². The van der Waals surface area contributed by atoms with Gasteiger partial charge >= 0.3 is 0 Å². The van der Waals surface area contributed by atoms with E-state index in [0.717, 1.165) is 12.0 Å². The second kappa shape index (κ2) is 5.77. The molecule has 2 N–H and O–H groups in total. The van der Waals surface area contributed by atoms with Gasteiger partial charge in [-0.05, 0) is 13.3 Å². The first-order valence-electron chi connectivity index (χ1n) is 4.23. The highest BCUT2D eigenvalue weighted by atomic mass is 16.2. The van der Waals surface area contributed by atoms with Crippen LogP contribution in [0.5, 0.6) is 0 Å². The minimum Gasteiger partial charge on any atom is -0.358 e. The Morgan fingerprint density at radius 3 is 2.58 bits per heavy atom. The maximum Gasteiger partial charge on any atom is 0.236 e. The quantitative estimate of drug-likeness (QED) is 0.596. The minimum atomic E-state index is -0.140. The molecule has 3 heteroatoms. The van der Waals surface area contributed by atoms with Crippen molar-refractivity contribution in [2.75, 3.05) is 13.6 Å². The van der Waals surface area contributed by atoms with Crippen molar-refractivity contribution in [3.05, 3.63) is 12.2 Å². The SMILES string of the molecule is C=C(CC)CNC(C)C(=O)NC. The predicted octanol–water partition coefficient (Wildman–Crippen LogP) is 0.677. The molecular weight excluding hydrogens is 152 g/mol. The number of carbonyl (C=O) groups is 1. The van der Waals surface area contributed by atoms with Crippen molar-refractivity contribution in [2.45, 2.75) is 26.3 Å². The second-order valence-electron chi connectivity index (χ2n) is 2.82. The van der Waals surface area contributed by atoms with Crippen LogP contribution in [0.2, 0.25) is 0 Å². The van der Waals surface area contributed by atoms with E-state index in [9.17, 15) is 4.79 Å². The van der Waals surface area contributed by atoms with Crippen molar-refractivity contribution >= 4 is 5.91 Å². The molecule has 0 aromatic rings. The Morgan fingerprint density at radius 1 is 1.58 bits per heavy atom. The topological polar surface area (TPSA) is 41.1 Å². The molecule has 0 bridgehead atoms. The molecule has 12 heavy (non-hydrogen) atoms. The van der Waals surface area contributed by atoms with Gasteiger partial charge in [0.1, 0.15) is 0 Å². The molecule has 0 aromatic heterocycles. The van der Waals surface area contributed by atoms with Crippen molar-refractivity contribution in [1.29, 1.82) is 0 Å². The number of carbonyl (C=O) groups excluding carboxylic acids is 1. The molecule has 0 aliphatic heterocycles. The van der Waals surface area contributed by atoms with Crippen molar-refractivity contribution in [3.8, 4) is 0 Å². The Morgan fingerprint density at radius 2 is 2.17 bits per heavy atom. The third-order valence-electron chi connectivity index (χ3n) is 1.80. The van der Waals surface area contributed by atoms with Crippen molar-refractivity contribution < 1.29 is 4.79 Å². The first-order chi connectivity index (χ1) is 5.61. The van der Waals surface area contributed by atoms with Gasteiger partial charge in [-0.2, -0.15) is 0 Å². The summed E-state index contributed by atoms with van der Waals surface area (Å²) in [7, 11) is 1.63. The summed E-state index contributed by atoms with van der Waals surface area (Å²) in [4.78, 5) is 11.0. The minimum absolute atomic E-state index is 0.0129. The number of rotatable bonds is 5. The lowest BCUT2D eigenvalue weighted by Crippen LogP contribution is -2.41. The van der Waals surface area contributed by atoms with Crippen LogP contribution < -0.4 is 10.6 Å². The zero-order valence-corrected chi connectivity index (χ0v) is 8.11. The molecule has 0 radical (unpaired) electrons. The Hall–Kier alpha value is -0.830. The van der Waals surface area contributed by atoms with Crippen molar-refractivity contribution in [1.82, 2.24) is 10.6 Å². The molecule has 3 nitrogen and oxygen atoms in total. The van der Waals surface area contributed by atoms with E-state index in [1.165, 1.54) is 0 Å². The predicted molar refractivity (Wildman–Crippen MR) is 51.0 cm³/mol.